The van der Waals surface area contributed by atoms with Gasteiger partial charge in [-0.15, -0.1) is 0 Å². The van der Waals surface area contributed by atoms with Crippen LogP contribution < -0.4 is 5.32 Å². The van der Waals surface area contributed by atoms with Gasteiger partial charge in [0.1, 0.15) is 0 Å². The molecule has 4 aromatic rings. The highest BCUT2D eigenvalue weighted by molar-refractivity contribution is 7.89. The van der Waals surface area contributed by atoms with Crippen molar-refractivity contribution in [3.63, 3.8) is 0 Å². The molecule has 0 aliphatic heterocycles. The second-order valence-corrected chi connectivity index (χ2v) is 12.0. The van der Waals surface area contributed by atoms with Crippen molar-refractivity contribution in [3.05, 3.63) is 130 Å². The van der Waals surface area contributed by atoms with Crippen LogP contribution in [0.3, 0.4) is 0 Å². The lowest BCUT2D eigenvalue weighted by Crippen LogP contribution is -2.34. The van der Waals surface area contributed by atoms with Crippen molar-refractivity contribution in [1.29, 1.82) is 0 Å². The van der Waals surface area contributed by atoms with Crippen molar-refractivity contribution in [1.82, 2.24) is 14.6 Å². The van der Waals surface area contributed by atoms with Gasteiger partial charge in [-0.2, -0.15) is 4.31 Å². The molecule has 38 heavy (non-hydrogen) atoms. The van der Waals surface area contributed by atoms with Crippen LogP contribution in [0.5, 0.6) is 0 Å². The molecule has 3 aromatic carbocycles. The van der Waals surface area contributed by atoms with Crippen LogP contribution in [-0.4, -0.2) is 23.6 Å². The molecule has 0 unspecified atom stereocenters. The van der Waals surface area contributed by atoms with Gasteiger partial charge in [-0.05, 0) is 66.4 Å². The smallest absolute Gasteiger partial charge is 0.251 e. The van der Waals surface area contributed by atoms with Crippen molar-refractivity contribution >= 4 is 39.1 Å². The van der Waals surface area contributed by atoms with E-state index >= 15 is 0 Å². The predicted octanol–water partition coefficient (Wildman–Crippen LogP) is 6.20. The van der Waals surface area contributed by atoms with Crippen molar-refractivity contribution in [2.75, 3.05) is 0 Å². The van der Waals surface area contributed by atoms with Crippen molar-refractivity contribution < 1.29 is 13.2 Å². The Morgan fingerprint density at radius 2 is 1.58 bits per heavy atom. The normalized spacial score (nSPS) is 14.3. The van der Waals surface area contributed by atoms with Gasteiger partial charge in [0.15, 0.2) is 0 Å². The molecule has 0 radical (unpaired) electrons. The van der Waals surface area contributed by atoms with Gasteiger partial charge in [0, 0.05) is 18.3 Å². The number of amides is 1. The molecule has 9 heteroatoms. The van der Waals surface area contributed by atoms with Gasteiger partial charge in [0.05, 0.1) is 32.7 Å². The van der Waals surface area contributed by atoms with Gasteiger partial charge >= 0.3 is 0 Å². The number of carbonyl (C=O) groups excluding carboxylic acids is 1. The molecule has 1 aliphatic carbocycles. The topological polar surface area (TPSA) is 79.4 Å². The fourth-order valence-electron chi connectivity index (χ4n) is 4.31. The zero-order valence-electron chi connectivity index (χ0n) is 20.3. The number of pyridine rings is 1. The monoisotopic (exact) mass is 565 g/mol. The second-order valence-electron chi connectivity index (χ2n) is 9.27. The summed E-state index contributed by atoms with van der Waals surface area (Å²) >= 11 is 12.1. The SMILES string of the molecule is O=C(NC1(c2ccccc2)CC1)c1ccc(CN(Cc2ccccn2)S(=O)(=O)c2ccc(Cl)c(Cl)c2)cc1. The Morgan fingerprint density at radius 1 is 0.868 bits per heavy atom. The van der Waals surface area contributed by atoms with Crippen LogP contribution in [-0.2, 0) is 28.7 Å². The molecule has 0 spiro atoms. The minimum Gasteiger partial charge on any atom is -0.343 e. The summed E-state index contributed by atoms with van der Waals surface area (Å²) in [4.78, 5) is 17.3. The second kappa shape index (κ2) is 10.9. The minimum atomic E-state index is -3.94. The lowest BCUT2D eigenvalue weighted by Gasteiger charge is -2.23. The molecule has 1 N–H and O–H groups in total. The Hall–Kier alpha value is -3.23. The standard InChI is InChI=1S/C29H25Cl2N3O3S/c30-26-14-13-25(18-27(26)31)38(36,37)34(20-24-8-4-5-17-32-24)19-21-9-11-22(12-10-21)28(35)33-29(15-16-29)23-6-2-1-3-7-23/h1-14,17-18H,15-16,19-20H2,(H,33,35). The van der Waals surface area contributed by atoms with Crippen LogP contribution in [0.4, 0.5) is 0 Å². The van der Waals surface area contributed by atoms with Crippen LogP contribution >= 0.6 is 23.2 Å². The number of nitrogens with zero attached hydrogens (tertiary/aromatic N) is 2. The first-order chi connectivity index (χ1) is 18.3. The van der Waals surface area contributed by atoms with E-state index in [0.29, 0.717) is 11.3 Å². The van der Waals surface area contributed by atoms with Gasteiger partial charge in [-0.25, -0.2) is 8.42 Å². The van der Waals surface area contributed by atoms with Crippen LogP contribution in [0.15, 0.2) is 102 Å². The first kappa shape index (κ1) is 26.4. The fraction of sp³-hybridized carbons (Fsp3) is 0.172. The van der Waals surface area contributed by atoms with Crippen molar-refractivity contribution in [2.24, 2.45) is 0 Å². The highest BCUT2D eigenvalue weighted by Crippen LogP contribution is 2.45. The number of hydrogen-bond acceptors (Lipinski definition) is 4. The van der Waals surface area contributed by atoms with E-state index in [9.17, 15) is 13.2 Å². The molecule has 1 aliphatic rings. The predicted molar refractivity (Wildman–Crippen MR) is 148 cm³/mol. The summed E-state index contributed by atoms with van der Waals surface area (Å²) < 4.78 is 28.6. The summed E-state index contributed by atoms with van der Waals surface area (Å²) in [5, 5.41) is 3.60. The molecule has 0 atom stereocenters. The maximum atomic E-state index is 13.6. The van der Waals surface area contributed by atoms with E-state index in [1.54, 1.807) is 42.6 Å². The molecular formula is C29H25Cl2N3O3S. The Morgan fingerprint density at radius 3 is 2.21 bits per heavy atom. The fourth-order valence-corrected chi connectivity index (χ4v) is 6.10. The van der Waals surface area contributed by atoms with E-state index in [2.05, 4.69) is 10.3 Å². The van der Waals surface area contributed by atoms with Gasteiger partial charge in [-0.3, -0.25) is 9.78 Å². The highest BCUT2D eigenvalue weighted by atomic mass is 35.5. The molecule has 1 amide bonds. The largest absolute Gasteiger partial charge is 0.343 e. The molecule has 0 saturated heterocycles. The third kappa shape index (κ3) is 5.76. The average molecular weight is 567 g/mol. The number of sulfonamides is 1. The summed E-state index contributed by atoms with van der Waals surface area (Å²) in [6, 6.07) is 26.5. The number of halogens is 2. The summed E-state index contributed by atoms with van der Waals surface area (Å²) in [7, 11) is -3.94. The first-order valence-electron chi connectivity index (χ1n) is 12.1. The van der Waals surface area contributed by atoms with E-state index in [4.69, 9.17) is 23.2 Å². The molecule has 1 fully saturated rings. The summed E-state index contributed by atoms with van der Waals surface area (Å²) in [6.45, 7) is 0.139. The van der Waals surface area contributed by atoms with E-state index in [1.165, 1.54) is 22.5 Å². The Kier molecular flexibility index (Phi) is 7.54. The van der Waals surface area contributed by atoms with Gasteiger partial charge in [-0.1, -0.05) is 71.7 Å². The number of aromatic nitrogens is 1. The Labute approximate surface area is 232 Å². The quantitative estimate of drug-likeness (QED) is 0.262. The summed E-state index contributed by atoms with van der Waals surface area (Å²) in [5.41, 5.74) is 2.63. The lowest BCUT2D eigenvalue weighted by molar-refractivity contribution is 0.0930. The van der Waals surface area contributed by atoms with Crippen LogP contribution in [0.2, 0.25) is 10.0 Å². The first-order valence-corrected chi connectivity index (χ1v) is 14.3. The minimum absolute atomic E-state index is 0.0365. The highest BCUT2D eigenvalue weighted by Gasteiger charge is 2.45. The Balaban J connectivity index is 1.36. The van der Waals surface area contributed by atoms with Gasteiger partial charge in [0.25, 0.3) is 5.91 Å². The molecule has 5 rings (SSSR count). The van der Waals surface area contributed by atoms with Gasteiger partial charge in [0.2, 0.25) is 10.0 Å². The molecule has 1 saturated carbocycles. The lowest BCUT2D eigenvalue weighted by atomic mass is 10.0. The summed E-state index contributed by atoms with van der Waals surface area (Å²) in [5.74, 6) is -0.160. The average Bonchev–Trinajstić information content (AvgIpc) is 3.72. The van der Waals surface area contributed by atoms with E-state index < -0.39 is 10.0 Å². The maximum Gasteiger partial charge on any atom is 0.251 e. The number of nitrogens with one attached hydrogen (secondary N) is 1. The van der Waals surface area contributed by atoms with Crippen LogP contribution in [0.25, 0.3) is 0 Å². The third-order valence-electron chi connectivity index (χ3n) is 6.60. The number of hydrogen-bond donors (Lipinski definition) is 1. The van der Waals surface area contributed by atoms with E-state index in [0.717, 1.165) is 24.0 Å². The van der Waals surface area contributed by atoms with Crippen molar-refractivity contribution in [3.8, 4) is 0 Å². The molecule has 6 nitrogen and oxygen atoms in total. The number of carbonyl (C=O) groups is 1. The number of benzene rings is 3. The van der Waals surface area contributed by atoms with Gasteiger partial charge < -0.3 is 5.32 Å². The van der Waals surface area contributed by atoms with E-state index in [1.807, 2.05) is 36.4 Å². The van der Waals surface area contributed by atoms with Crippen molar-refractivity contribution in [2.45, 2.75) is 36.4 Å². The maximum absolute atomic E-state index is 13.6. The summed E-state index contributed by atoms with van der Waals surface area (Å²) in [6.07, 6.45) is 3.42. The third-order valence-corrected chi connectivity index (χ3v) is 9.12. The molecular weight excluding hydrogens is 541 g/mol. The molecule has 0 bridgehead atoms. The number of rotatable bonds is 9. The molecule has 194 valence electrons. The zero-order chi connectivity index (χ0) is 26.8. The van der Waals surface area contributed by atoms with E-state index in [-0.39, 0.29) is 39.5 Å². The zero-order valence-corrected chi connectivity index (χ0v) is 22.7. The molecule has 1 aromatic heterocycles. The molecule has 1 heterocycles. The van der Waals surface area contributed by atoms with Crippen LogP contribution in [0.1, 0.15) is 40.0 Å². The Bertz CT molecular complexity index is 1540. The van der Waals surface area contributed by atoms with Crippen LogP contribution in [0, 0.1) is 0 Å².